The minimum atomic E-state index is 0.0221. The second kappa shape index (κ2) is 7.43. The van der Waals surface area contributed by atoms with Crippen LogP contribution in [0.2, 0.25) is 0 Å². The highest BCUT2D eigenvalue weighted by Crippen LogP contribution is 2.17. The number of rotatable bonds is 4. The first-order valence-corrected chi connectivity index (χ1v) is 8.17. The number of aliphatic imine (C=N–C) groups is 1. The number of aryl methyl sites for hydroxylation is 1. The van der Waals surface area contributed by atoms with Gasteiger partial charge in [-0.25, -0.2) is 4.99 Å². The van der Waals surface area contributed by atoms with Crippen molar-refractivity contribution in [1.82, 2.24) is 4.90 Å². The maximum absolute atomic E-state index is 6.03. The van der Waals surface area contributed by atoms with Gasteiger partial charge in [0.1, 0.15) is 11.9 Å². The van der Waals surface area contributed by atoms with Crippen LogP contribution in [0.25, 0.3) is 0 Å². The van der Waals surface area contributed by atoms with E-state index in [0.29, 0.717) is 12.5 Å². The molecule has 1 heterocycles. The molecule has 1 saturated heterocycles. The number of benzene rings is 1. The second-order valence-electron chi connectivity index (χ2n) is 4.99. The smallest absolute Gasteiger partial charge is 0.191 e. The summed E-state index contributed by atoms with van der Waals surface area (Å²) in [5, 5.41) is 0. The van der Waals surface area contributed by atoms with E-state index in [1.165, 1.54) is 0 Å². The van der Waals surface area contributed by atoms with Crippen molar-refractivity contribution >= 4 is 17.7 Å². The summed E-state index contributed by atoms with van der Waals surface area (Å²) in [5.74, 6) is 3.82. The van der Waals surface area contributed by atoms with E-state index in [1.54, 1.807) is 0 Å². The highest BCUT2D eigenvalue weighted by atomic mass is 32.2. The van der Waals surface area contributed by atoms with E-state index in [2.05, 4.69) is 9.89 Å². The second-order valence-corrected chi connectivity index (χ2v) is 6.22. The first-order valence-electron chi connectivity index (χ1n) is 7.01. The fraction of sp³-hybridized carbons (Fsp3) is 0.533. The lowest BCUT2D eigenvalue weighted by Gasteiger charge is -2.27. The molecule has 20 heavy (non-hydrogen) atoms. The molecule has 1 aromatic carbocycles. The molecular formula is C15H23N3OS. The van der Waals surface area contributed by atoms with E-state index in [4.69, 9.17) is 10.5 Å². The fourth-order valence-corrected chi connectivity index (χ4v) is 2.96. The monoisotopic (exact) mass is 293 g/mol. The van der Waals surface area contributed by atoms with Gasteiger partial charge >= 0.3 is 0 Å². The van der Waals surface area contributed by atoms with Crippen LogP contribution in [0.3, 0.4) is 0 Å². The van der Waals surface area contributed by atoms with Crippen molar-refractivity contribution in [2.75, 3.05) is 31.1 Å². The number of hydrogen-bond donors (Lipinski definition) is 1. The molecule has 1 aromatic rings. The van der Waals surface area contributed by atoms with Crippen molar-refractivity contribution in [3.05, 3.63) is 29.8 Å². The lowest BCUT2D eigenvalue weighted by atomic mass is 10.2. The average molecular weight is 293 g/mol. The molecule has 5 heteroatoms. The molecule has 1 aliphatic rings. The van der Waals surface area contributed by atoms with Gasteiger partial charge in [-0.05, 0) is 25.5 Å². The van der Waals surface area contributed by atoms with E-state index in [0.717, 1.165) is 35.9 Å². The van der Waals surface area contributed by atoms with Gasteiger partial charge in [0, 0.05) is 24.6 Å². The summed E-state index contributed by atoms with van der Waals surface area (Å²) < 4.78 is 5.90. The summed E-state index contributed by atoms with van der Waals surface area (Å²) in [6.07, 6.45) is 0.0221. The van der Waals surface area contributed by atoms with Gasteiger partial charge in [0.25, 0.3) is 0 Å². The third kappa shape index (κ3) is 4.34. The average Bonchev–Trinajstić information content (AvgIpc) is 2.48. The fourth-order valence-electron chi connectivity index (χ4n) is 2.06. The molecular weight excluding hydrogens is 270 g/mol. The Hall–Kier alpha value is -1.36. The number of guanidine groups is 1. The Balaban J connectivity index is 1.85. The summed E-state index contributed by atoms with van der Waals surface area (Å²) >= 11 is 1.97. The predicted octanol–water partition coefficient (Wildman–Crippen LogP) is 2.13. The van der Waals surface area contributed by atoms with Crippen molar-refractivity contribution in [2.24, 2.45) is 10.7 Å². The van der Waals surface area contributed by atoms with Gasteiger partial charge in [-0.1, -0.05) is 18.2 Å². The predicted molar refractivity (Wildman–Crippen MR) is 86.7 cm³/mol. The topological polar surface area (TPSA) is 50.9 Å². The molecule has 2 N–H and O–H groups in total. The molecule has 2 rings (SSSR count). The number of para-hydroxylation sites is 1. The highest BCUT2D eigenvalue weighted by Gasteiger charge is 2.13. The first kappa shape index (κ1) is 15.0. The van der Waals surface area contributed by atoms with Gasteiger partial charge in [-0.3, -0.25) is 0 Å². The number of hydrogen-bond acceptors (Lipinski definition) is 3. The minimum Gasteiger partial charge on any atom is -0.489 e. The van der Waals surface area contributed by atoms with E-state index >= 15 is 0 Å². The highest BCUT2D eigenvalue weighted by molar-refractivity contribution is 7.99. The van der Waals surface area contributed by atoms with Gasteiger partial charge < -0.3 is 15.4 Å². The van der Waals surface area contributed by atoms with Crippen molar-refractivity contribution < 1.29 is 4.74 Å². The van der Waals surface area contributed by atoms with Crippen LogP contribution >= 0.6 is 11.8 Å². The lowest BCUT2D eigenvalue weighted by Crippen LogP contribution is -2.43. The van der Waals surface area contributed by atoms with Crippen molar-refractivity contribution in [3.8, 4) is 5.75 Å². The Bertz CT molecular complexity index is 458. The normalized spacial score (nSPS) is 17.9. The van der Waals surface area contributed by atoms with Crippen LogP contribution in [0, 0.1) is 6.92 Å². The molecule has 1 unspecified atom stereocenters. The zero-order valence-corrected chi connectivity index (χ0v) is 13.0. The Kier molecular flexibility index (Phi) is 5.59. The third-order valence-electron chi connectivity index (χ3n) is 3.27. The van der Waals surface area contributed by atoms with E-state index in [1.807, 2.05) is 49.9 Å². The molecule has 1 aliphatic heterocycles. The van der Waals surface area contributed by atoms with Crippen molar-refractivity contribution in [3.63, 3.8) is 0 Å². The molecule has 1 fully saturated rings. The Labute approximate surface area is 125 Å². The van der Waals surface area contributed by atoms with Crippen molar-refractivity contribution in [1.29, 1.82) is 0 Å². The largest absolute Gasteiger partial charge is 0.489 e. The van der Waals surface area contributed by atoms with Crippen molar-refractivity contribution in [2.45, 2.75) is 20.0 Å². The number of thioether (sulfide) groups is 1. The zero-order valence-electron chi connectivity index (χ0n) is 12.2. The summed E-state index contributed by atoms with van der Waals surface area (Å²) in [7, 11) is 0. The quantitative estimate of drug-likeness (QED) is 0.682. The molecule has 0 aliphatic carbocycles. The summed E-state index contributed by atoms with van der Waals surface area (Å²) in [4.78, 5) is 6.61. The molecule has 1 atom stereocenters. The summed E-state index contributed by atoms with van der Waals surface area (Å²) in [5.41, 5.74) is 7.17. The van der Waals surface area contributed by atoms with E-state index in [-0.39, 0.29) is 6.10 Å². The molecule has 0 bridgehead atoms. The molecule has 0 amide bonds. The van der Waals surface area contributed by atoms with Gasteiger partial charge in [0.2, 0.25) is 0 Å². The standard InChI is InChI=1S/C15H23N3OS/c1-12-5-3-4-6-14(12)19-13(2)11-17-15(16)18-7-9-20-10-8-18/h3-6,13H,7-11H2,1-2H3,(H2,16,17). The van der Waals surface area contributed by atoms with Gasteiger partial charge in [0.15, 0.2) is 5.96 Å². The molecule has 0 aromatic heterocycles. The van der Waals surface area contributed by atoms with Gasteiger partial charge in [-0.2, -0.15) is 11.8 Å². The summed E-state index contributed by atoms with van der Waals surface area (Å²) in [6.45, 7) is 6.64. The SMILES string of the molecule is Cc1ccccc1OC(C)CN=C(N)N1CCSCC1. The van der Waals surface area contributed by atoms with E-state index < -0.39 is 0 Å². The first-order chi connectivity index (χ1) is 9.66. The van der Waals surface area contributed by atoms with Gasteiger partial charge in [0.05, 0.1) is 6.54 Å². The zero-order chi connectivity index (χ0) is 14.4. The maximum atomic E-state index is 6.03. The number of ether oxygens (including phenoxy) is 1. The Morgan fingerprint density at radius 2 is 2.10 bits per heavy atom. The summed E-state index contributed by atoms with van der Waals surface area (Å²) in [6, 6.07) is 8.03. The maximum Gasteiger partial charge on any atom is 0.191 e. The number of nitrogens with two attached hydrogens (primary N) is 1. The van der Waals surface area contributed by atoms with Crippen LogP contribution in [0.5, 0.6) is 5.75 Å². The van der Waals surface area contributed by atoms with Crippen LogP contribution in [0.4, 0.5) is 0 Å². The van der Waals surface area contributed by atoms with Crippen LogP contribution in [0.15, 0.2) is 29.3 Å². The Morgan fingerprint density at radius 1 is 1.40 bits per heavy atom. The van der Waals surface area contributed by atoms with E-state index in [9.17, 15) is 0 Å². The van der Waals surface area contributed by atoms with Crippen LogP contribution < -0.4 is 10.5 Å². The minimum absolute atomic E-state index is 0.0221. The van der Waals surface area contributed by atoms with Crippen LogP contribution in [-0.2, 0) is 0 Å². The molecule has 4 nitrogen and oxygen atoms in total. The molecule has 0 radical (unpaired) electrons. The van der Waals surface area contributed by atoms with Crippen LogP contribution in [-0.4, -0.2) is 48.1 Å². The lowest BCUT2D eigenvalue weighted by molar-refractivity contribution is 0.228. The third-order valence-corrected chi connectivity index (χ3v) is 4.21. The molecule has 0 saturated carbocycles. The Morgan fingerprint density at radius 3 is 2.80 bits per heavy atom. The number of nitrogens with zero attached hydrogens (tertiary/aromatic N) is 2. The van der Waals surface area contributed by atoms with Gasteiger partial charge in [-0.15, -0.1) is 0 Å². The molecule has 0 spiro atoms. The molecule has 110 valence electrons. The van der Waals surface area contributed by atoms with Crippen LogP contribution in [0.1, 0.15) is 12.5 Å².